The van der Waals surface area contributed by atoms with Crippen molar-refractivity contribution >= 4 is 0 Å². The largest absolute Gasteiger partial charge is 0.381 e. The number of aromatic nitrogens is 2. The van der Waals surface area contributed by atoms with Gasteiger partial charge in [0.1, 0.15) is 5.60 Å². The van der Waals surface area contributed by atoms with E-state index in [1.165, 1.54) is 0 Å². The van der Waals surface area contributed by atoms with Gasteiger partial charge in [-0.1, -0.05) is 0 Å². The van der Waals surface area contributed by atoms with Crippen LogP contribution in [0.25, 0.3) is 0 Å². The molecule has 0 aromatic carbocycles. The SMILES string of the molecule is Cn1cc(C(C)(C)ON)c(C2CCOCC2)n1. The summed E-state index contributed by atoms with van der Waals surface area (Å²) in [4.78, 5) is 5.08. The van der Waals surface area contributed by atoms with E-state index in [-0.39, 0.29) is 0 Å². The van der Waals surface area contributed by atoms with Crippen molar-refractivity contribution in [3.05, 3.63) is 17.5 Å². The van der Waals surface area contributed by atoms with Crippen LogP contribution in [0.2, 0.25) is 0 Å². The summed E-state index contributed by atoms with van der Waals surface area (Å²) in [5.41, 5.74) is 1.68. The first-order valence-corrected chi connectivity index (χ1v) is 6.04. The number of aryl methyl sites for hydroxylation is 1. The van der Waals surface area contributed by atoms with Crippen LogP contribution in [0, 0.1) is 0 Å². The average Bonchev–Trinajstić information content (AvgIpc) is 2.73. The van der Waals surface area contributed by atoms with Crippen LogP contribution in [0.3, 0.4) is 0 Å². The highest BCUT2D eigenvalue weighted by atomic mass is 16.6. The molecule has 1 saturated heterocycles. The second-order valence-electron chi connectivity index (χ2n) is 5.12. The maximum absolute atomic E-state index is 5.39. The van der Waals surface area contributed by atoms with Crippen LogP contribution < -0.4 is 5.90 Å². The van der Waals surface area contributed by atoms with E-state index in [0.29, 0.717) is 5.92 Å². The molecule has 0 atom stereocenters. The van der Waals surface area contributed by atoms with Crippen LogP contribution in [0.15, 0.2) is 6.20 Å². The zero-order chi connectivity index (χ0) is 12.5. The molecule has 1 fully saturated rings. The molecule has 1 aliphatic rings. The standard InChI is InChI=1S/C12H21N3O2/c1-12(2,17-13)10-8-15(3)14-11(10)9-4-6-16-7-5-9/h8-9H,4-7,13H2,1-3H3. The van der Waals surface area contributed by atoms with Crippen LogP contribution >= 0.6 is 0 Å². The minimum absolute atomic E-state index is 0.453. The molecule has 0 amide bonds. The fourth-order valence-corrected chi connectivity index (χ4v) is 2.31. The van der Waals surface area contributed by atoms with Gasteiger partial charge in [0.2, 0.25) is 0 Å². The molecule has 0 saturated carbocycles. The van der Waals surface area contributed by atoms with Gasteiger partial charge in [-0.05, 0) is 26.7 Å². The highest BCUT2D eigenvalue weighted by Crippen LogP contribution is 2.34. The molecule has 96 valence electrons. The minimum atomic E-state index is -0.498. The van der Waals surface area contributed by atoms with Gasteiger partial charge < -0.3 is 4.74 Å². The monoisotopic (exact) mass is 239 g/mol. The van der Waals surface area contributed by atoms with E-state index in [2.05, 4.69) is 5.10 Å². The van der Waals surface area contributed by atoms with Crippen molar-refractivity contribution in [3.8, 4) is 0 Å². The fraction of sp³-hybridized carbons (Fsp3) is 0.750. The van der Waals surface area contributed by atoms with Crippen molar-refractivity contribution in [1.29, 1.82) is 0 Å². The molecule has 2 rings (SSSR count). The number of nitrogens with two attached hydrogens (primary N) is 1. The summed E-state index contributed by atoms with van der Waals surface area (Å²) >= 11 is 0. The smallest absolute Gasteiger partial charge is 0.112 e. The fourth-order valence-electron chi connectivity index (χ4n) is 2.31. The Kier molecular flexibility index (Phi) is 3.51. The van der Waals surface area contributed by atoms with E-state index >= 15 is 0 Å². The summed E-state index contributed by atoms with van der Waals surface area (Å²) in [6.45, 7) is 5.55. The Balaban J connectivity index is 2.32. The minimum Gasteiger partial charge on any atom is -0.381 e. The van der Waals surface area contributed by atoms with Crippen LogP contribution in [0.5, 0.6) is 0 Å². The van der Waals surface area contributed by atoms with Crippen molar-refractivity contribution < 1.29 is 9.57 Å². The van der Waals surface area contributed by atoms with Crippen LogP contribution in [0.1, 0.15) is 43.9 Å². The zero-order valence-electron chi connectivity index (χ0n) is 10.8. The lowest BCUT2D eigenvalue weighted by Gasteiger charge is -2.26. The van der Waals surface area contributed by atoms with E-state index < -0.39 is 5.60 Å². The van der Waals surface area contributed by atoms with E-state index in [0.717, 1.165) is 37.3 Å². The predicted molar refractivity (Wildman–Crippen MR) is 64.3 cm³/mol. The molecule has 1 aromatic rings. The zero-order valence-corrected chi connectivity index (χ0v) is 10.8. The molecule has 5 heteroatoms. The number of hydrogen-bond donors (Lipinski definition) is 1. The van der Waals surface area contributed by atoms with Gasteiger partial charge in [-0.3, -0.25) is 9.52 Å². The van der Waals surface area contributed by atoms with Crippen molar-refractivity contribution in [1.82, 2.24) is 9.78 Å². The summed E-state index contributed by atoms with van der Waals surface area (Å²) in [7, 11) is 1.93. The number of ether oxygens (including phenoxy) is 1. The quantitative estimate of drug-likeness (QED) is 0.811. The third kappa shape index (κ3) is 2.51. The van der Waals surface area contributed by atoms with Crippen molar-refractivity contribution in [2.45, 2.75) is 38.2 Å². The molecule has 0 unspecified atom stereocenters. The molecule has 17 heavy (non-hydrogen) atoms. The van der Waals surface area contributed by atoms with Crippen molar-refractivity contribution in [3.63, 3.8) is 0 Å². The van der Waals surface area contributed by atoms with E-state index in [1.807, 2.05) is 31.8 Å². The Morgan fingerprint density at radius 3 is 2.71 bits per heavy atom. The van der Waals surface area contributed by atoms with Gasteiger partial charge in [-0.25, -0.2) is 5.90 Å². The van der Waals surface area contributed by atoms with Crippen LogP contribution in [0.4, 0.5) is 0 Å². The lowest BCUT2D eigenvalue weighted by atomic mass is 9.88. The third-order valence-corrected chi connectivity index (χ3v) is 3.41. The Bertz CT molecular complexity index is 381. The van der Waals surface area contributed by atoms with Crippen LogP contribution in [-0.2, 0) is 22.2 Å². The molecule has 1 aliphatic heterocycles. The number of hydrogen-bond acceptors (Lipinski definition) is 4. The van der Waals surface area contributed by atoms with E-state index in [1.54, 1.807) is 0 Å². The molecule has 0 aliphatic carbocycles. The molecule has 0 bridgehead atoms. The Morgan fingerprint density at radius 1 is 1.47 bits per heavy atom. The normalized spacial score (nSPS) is 18.6. The maximum atomic E-state index is 5.39. The molecule has 2 heterocycles. The Morgan fingerprint density at radius 2 is 2.12 bits per heavy atom. The van der Waals surface area contributed by atoms with Gasteiger partial charge >= 0.3 is 0 Å². The summed E-state index contributed by atoms with van der Waals surface area (Å²) in [5, 5.41) is 4.57. The van der Waals surface area contributed by atoms with Gasteiger partial charge in [0, 0.05) is 37.9 Å². The third-order valence-electron chi connectivity index (χ3n) is 3.41. The summed E-state index contributed by atoms with van der Waals surface area (Å²) in [6.07, 6.45) is 4.03. The Labute approximate surface area is 102 Å². The summed E-state index contributed by atoms with van der Waals surface area (Å²) in [6, 6.07) is 0. The molecule has 2 N–H and O–H groups in total. The maximum Gasteiger partial charge on any atom is 0.112 e. The molecule has 0 spiro atoms. The molecule has 1 aromatic heterocycles. The second-order valence-corrected chi connectivity index (χ2v) is 5.12. The average molecular weight is 239 g/mol. The van der Waals surface area contributed by atoms with Crippen molar-refractivity contribution in [2.24, 2.45) is 12.9 Å². The first kappa shape index (κ1) is 12.5. The molecular formula is C12H21N3O2. The van der Waals surface area contributed by atoms with Crippen LogP contribution in [-0.4, -0.2) is 23.0 Å². The lowest BCUT2D eigenvalue weighted by Crippen LogP contribution is -2.27. The van der Waals surface area contributed by atoms with E-state index in [9.17, 15) is 0 Å². The number of nitrogens with zero attached hydrogens (tertiary/aromatic N) is 2. The summed E-state index contributed by atoms with van der Waals surface area (Å²) in [5.74, 6) is 5.84. The first-order valence-electron chi connectivity index (χ1n) is 6.04. The van der Waals surface area contributed by atoms with Crippen molar-refractivity contribution in [2.75, 3.05) is 13.2 Å². The number of rotatable bonds is 3. The highest BCUT2D eigenvalue weighted by Gasteiger charge is 2.31. The predicted octanol–water partition coefficient (Wildman–Crippen LogP) is 1.44. The topological polar surface area (TPSA) is 62.3 Å². The highest BCUT2D eigenvalue weighted by molar-refractivity contribution is 5.27. The van der Waals surface area contributed by atoms with Gasteiger partial charge in [-0.15, -0.1) is 0 Å². The molecule has 0 radical (unpaired) electrons. The second kappa shape index (κ2) is 4.76. The Hall–Kier alpha value is -0.910. The van der Waals surface area contributed by atoms with E-state index in [4.69, 9.17) is 15.5 Å². The van der Waals surface area contributed by atoms with Gasteiger partial charge in [0.15, 0.2) is 0 Å². The molecule has 5 nitrogen and oxygen atoms in total. The van der Waals surface area contributed by atoms with Gasteiger partial charge in [0.25, 0.3) is 0 Å². The molecular weight excluding hydrogens is 218 g/mol. The first-order chi connectivity index (χ1) is 8.04. The lowest BCUT2D eigenvalue weighted by molar-refractivity contribution is -0.0250. The van der Waals surface area contributed by atoms with Gasteiger partial charge in [0.05, 0.1) is 5.69 Å². The van der Waals surface area contributed by atoms with Gasteiger partial charge in [-0.2, -0.15) is 5.10 Å². The summed E-state index contributed by atoms with van der Waals surface area (Å²) < 4.78 is 7.22.